The van der Waals surface area contributed by atoms with Gasteiger partial charge in [0.2, 0.25) is 82.7 Å². The van der Waals surface area contributed by atoms with Crippen molar-refractivity contribution in [3.63, 3.8) is 0 Å². The number of carbonyl (C=O) groups excluding carboxylic acids is 14. The molecule has 14 amide bonds. The van der Waals surface area contributed by atoms with E-state index in [1.807, 2.05) is 12.1 Å². The number of imidazole rings is 2. The number of rotatable bonds is 27. The van der Waals surface area contributed by atoms with Crippen molar-refractivity contribution < 1.29 is 72.2 Å². The molecule has 11 rings (SSSR count). The Balaban J connectivity index is 1.04. The monoisotopic (exact) mass is 1920 g/mol. The lowest BCUT2D eigenvalue weighted by Crippen LogP contribution is -2.63. The number of benzene rings is 4. The molecule has 732 valence electrons. The molecule has 4 aromatic carbocycles. The molecule has 0 radical (unpaired) electrons. The molecule has 0 unspecified atom stereocenters. The smallest absolute Gasteiger partial charge is 0.246 e. The SMILES string of the molecule is CC[C@H](C)[C@@H]1NC(=O)[C@@H]2CCCN2C(=O)[C@H](Cc2c[nH]c3ccccc23)NC(=O)[C@H](CCCNC(=N)N)NC(=O)[C@@H](Cc2ccccc2)NC(=O)[C@H](Cc2c[nH]cn2)NC(=O)[C@H]([C@@H](C)O)NC(=O)[C@@H]2CSSC[C@H](NC1=O)C(=O)N[C@@H](Cc1c[nH]cn1)C(=O)N[C@H](Cc1ccccc1)C(=O)N[C@@H](CCCNC(=N)N)C(=O)N[C@@H](Cc1c[nH]c3ccccc13)C(=O)N[C@@H](CCCNC(=N)N)C(=O)N2. The van der Waals surface area contributed by atoms with Gasteiger partial charge >= 0.3 is 0 Å². The fraction of sp³-hybridized carbons (Fsp3) is 0.440. The number of aliphatic hydroxyl groups excluding tert-OH is 1. The number of H-pyrrole nitrogens is 4. The van der Waals surface area contributed by atoms with Gasteiger partial charge in [0.05, 0.1) is 30.1 Å². The summed E-state index contributed by atoms with van der Waals surface area (Å²) >= 11 is 0. The molecule has 0 saturated carbocycles. The Bertz CT molecular complexity index is 5530. The van der Waals surface area contributed by atoms with Crippen LogP contribution in [-0.2, 0) is 106 Å². The highest BCUT2D eigenvalue weighted by molar-refractivity contribution is 8.76. The van der Waals surface area contributed by atoms with Crippen LogP contribution in [0.3, 0.4) is 0 Å². The molecule has 0 aliphatic carbocycles. The summed E-state index contributed by atoms with van der Waals surface area (Å²) in [6.07, 6.45) is 5.05. The maximum absolute atomic E-state index is 15.8. The third-order valence-corrected chi connectivity index (χ3v) is 26.3. The molecule has 8 aromatic rings. The molecule has 2 bridgehead atoms. The van der Waals surface area contributed by atoms with E-state index in [2.05, 4.69) is 115 Å². The van der Waals surface area contributed by atoms with E-state index in [0.29, 0.717) is 44.1 Å². The van der Waals surface area contributed by atoms with Crippen LogP contribution in [-0.4, -0.2) is 269 Å². The number of aromatic nitrogens is 6. The van der Waals surface area contributed by atoms with Crippen LogP contribution in [0.1, 0.15) is 112 Å². The van der Waals surface area contributed by atoms with Gasteiger partial charge in [-0.15, -0.1) is 0 Å². The quantitative estimate of drug-likeness (QED) is 0.0112. The molecule has 46 heteroatoms. The van der Waals surface area contributed by atoms with E-state index < -0.39 is 215 Å². The molecule has 3 aliphatic heterocycles. The van der Waals surface area contributed by atoms with E-state index in [9.17, 15) is 5.11 Å². The average molecular weight is 1930 g/mol. The fourth-order valence-corrected chi connectivity index (χ4v) is 18.6. The second kappa shape index (κ2) is 50.7. The molecule has 16 atom stereocenters. The van der Waals surface area contributed by atoms with Crippen molar-refractivity contribution in [2.75, 3.05) is 37.7 Å². The van der Waals surface area contributed by atoms with Gasteiger partial charge in [-0.3, -0.25) is 83.4 Å². The average Bonchev–Trinajstić information content (AvgIpc) is 1.71. The summed E-state index contributed by atoms with van der Waals surface area (Å²) < 4.78 is 0. The first-order valence-corrected chi connectivity index (χ1v) is 47.9. The number of para-hydroxylation sites is 2. The number of guanidine groups is 3. The van der Waals surface area contributed by atoms with Crippen LogP contribution in [0.4, 0.5) is 0 Å². The van der Waals surface area contributed by atoms with E-state index in [1.165, 1.54) is 29.9 Å². The van der Waals surface area contributed by atoms with E-state index in [4.69, 9.17) is 33.4 Å². The van der Waals surface area contributed by atoms with Gasteiger partial charge in [-0.2, -0.15) is 0 Å². The number of aromatic amines is 4. The van der Waals surface area contributed by atoms with Crippen molar-refractivity contribution in [1.29, 1.82) is 16.2 Å². The highest BCUT2D eigenvalue weighted by atomic mass is 33.1. The Morgan fingerprint density at radius 3 is 1.19 bits per heavy atom. The summed E-state index contributed by atoms with van der Waals surface area (Å²) in [5, 5.41) is 80.9. The van der Waals surface area contributed by atoms with Gasteiger partial charge < -0.3 is 132 Å². The largest absolute Gasteiger partial charge is 0.391 e. The zero-order chi connectivity index (χ0) is 98.2. The number of aliphatic hydroxyl groups is 1. The number of nitrogens with two attached hydrogens (primary N) is 3. The Morgan fingerprint density at radius 1 is 0.416 bits per heavy atom. The zero-order valence-electron chi connectivity index (χ0n) is 76.0. The molecule has 7 heterocycles. The Morgan fingerprint density at radius 2 is 0.766 bits per heavy atom. The molecule has 0 spiro atoms. The minimum atomic E-state index is -2.03. The van der Waals surface area contributed by atoms with Crippen LogP contribution in [0.2, 0.25) is 0 Å². The van der Waals surface area contributed by atoms with Crippen molar-refractivity contribution in [3.8, 4) is 0 Å². The summed E-state index contributed by atoms with van der Waals surface area (Å²) in [4.78, 5) is 240. The lowest BCUT2D eigenvalue weighted by Gasteiger charge is -2.32. The second-order valence-corrected chi connectivity index (χ2v) is 36.6. The van der Waals surface area contributed by atoms with Crippen molar-refractivity contribution in [2.45, 2.75) is 208 Å². The number of nitrogens with zero attached hydrogens (tertiary/aromatic N) is 3. The van der Waals surface area contributed by atoms with Crippen LogP contribution < -0.4 is 102 Å². The third-order valence-electron chi connectivity index (χ3n) is 23.8. The molecule has 137 heavy (non-hydrogen) atoms. The summed E-state index contributed by atoms with van der Waals surface area (Å²) in [5.74, 6) is -16.8. The van der Waals surface area contributed by atoms with Gasteiger partial charge in [-0.1, -0.05) is 139 Å². The number of fused-ring (bicyclic) bond motifs is 8. The van der Waals surface area contributed by atoms with E-state index >= 15 is 67.1 Å². The van der Waals surface area contributed by atoms with Crippen molar-refractivity contribution in [2.24, 2.45) is 23.1 Å². The van der Waals surface area contributed by atoms with Crippen LogP contribution in [0.15, 0.2) is 147 Å². The molecule has 3 aliphatic rings. The van der Waals surface area contributed by atoms with E-state index in [1.54, 1.807) is 123 Å². The Hall–Kier alpha value is -14.6. The predicted molar refractivity (Wildman–Crippen MR) is 512 cm³/mol. The van der Waals surface area contributed by atoms with Crippen LogP contribution in [0.5, 0.6) is 0 Å². The first kappa shape index (κ1) is 103. The molecule has 30 N–H and O–H groups in total. The lowest BCUT2D eigenvalue weighted by molar-refractivity contribution is -0.143. The highest BCUT2D eigenvalue weighted by Crippen LogP contribution is 2.28. The van der Waals surface area contributed by atoms with Crippen molar-refractivity contribution in [1.82, 2.24) is 120 Å². The molecule has 3 fully saturated rings. The van der Waals surface area contributed by atoms with Gasteiger partial charge in [0.25, 0.3) is 0 Å². The third kappa shape index (κ3) is 30.2. The Labute approximate surface area is 796 Å². The molecule has 4 aromatic heterocycles. The van der Waals surface area contributed by atoms with E-state index in [-0.39, 0.29) is 127 Å². The molecule has 3 saturated heterocycles. The topological polar surface area (TPSA) is 693 Å². The summed E-state index contributed by atoms with van der Waals surface area (Å²) in [6.45, 7) is 4.45. The standard InChI is InChI=1S/C91H121N29O15S2/c1-4-49(2)73-86(133)117-70-45-136-137-46-71(116-77(124)63(29-17-33-102-91(96)97)109-80(127)66(37-53-41-103-59-25-13-11-23-57(53)59)112-75(122)61(27-15-31-100-89(92)93)107-78(125)64(35-51-19-7-5-8-20-51)110-81(128)67(113-83(70)130)39-55-43-98-47-105-55)84(131)119-74(50(3)121)87(134)114-68(40-56-44-99-48-106-56)82(129)111-65(36-52-21-9-6-10-22-52)79(126)108-62(28-16-32-101-90(94)95)76(123)115-69(38-54-42-104-60-26-14-12-24-58(54)60)88(135)120-34-18-30-72(120)85(132)118-73/h5-14,19-26,41-44,47-50,61-74,103-104,121H,4,15-18,27-40,45-46H2,1-3H3,(H,98,105)(H,99,106)(H,107,125)(H,108,126)(H,109,127)(H,110,128)(H,111,129)(H,112,122)(H,113,130)(H,114,134)(H,115,123)(H,116,124)(H,117,133)(H,118,132)(H,119,131)(H4,92,93,100)(H4,94,95,101)(H4,96,97,102)/t49-,50+,61-,62-,63-,64+,65+,66-,67-,68-,69-,70-,71-,72-,73-,74-/m0/s1. The number of nitrogens with one attached hydrogen (secondary N) is 23. The maximum Gasteiger partial charge on any atom is 0.246 e. The number of carbonyl (C=O) groups is 14. The van der Waals surface area contributed by atoms with Crippen LogP contribution in [0, 0.1) is 22.1 Å². The van der Waals surface area contributed by atoms with Gasteiger partial charge in [-0.05, 0) is 98.6 Å². The lowest BCUT2D eigenvalue weighted by atomic mass is 9.97. The summed E-state index contributed by atoms with van der Waals surface area (Å²) in [5.41, 5.74) is 20.9. The van der Waals surface area contributed by atoms with Crippen LogP contribution in [0.25, 0.3) is 21.8 Å². The normalized spacial score (nSPS) is 23.9. The first-order chi connectivity index (χ1) is 65.9. The number of hydrogen-bond donors (Lipinski definition) is 27. The van der Waals surface area contributed by atoms with Gasteiger partial charge in [-0.25, -0.2) is 9.97 Å². The Kier molecular flexibility index (Phi) is 38.1. The fourth-order valence-electron chi connectivity index (χ4n) is 16.3. The second-order valence-electron chi connectivity index (χ2n) is 34.0. The minimum absolute atomic E-state index is 0.00471. The van der Waals surface area contributed by atoms with Crippen LogP contribution >= 0.6 is 21.6 Å². The minimum Gasteiger partial charge on any atom is -0.391 e. The first-order valence-electron chi connectivity index (χ1n) is 45.4. The molecular weight excluding hydrogens is 1800 g/mol. The zero-order valence-corrected chi connectivity index (χ0v) is 77.6. The maximum atomic E-state index is 15.8. The van der Waals surface area contributed by atoms with Crippen molar-refractivity contribution >= 4 is 144 Å². The van der Waals surface area contributed by atoms with E-state index in [0.717, 1.165) is 28.5 Å². The number of amides is 14. The van der Waals surface area contributed by atoms with Gasteiger partial charge in [0.15, 0.2) is 17.9 Å². The van der Waals surface area contributed by atoms with Gasteiger partial charge in [0.1, 0.15) is 84.6 Å². The molecule has 44 nitrogen and oxygen atoms in total. The summed E-state index contributed by atoms with van der Waals surface area (Å²) in [7, 11) is 1.66. The number of hydrogen-bond acceptors (Lipinski definition) is 22. The highest BCUT2D eigenvalue weighted by Gasteiger charge is 2.44. The van der Waals surface area contributed by atoms with Crippen molar-refractivity contribution in [3.05, 3.63) is 180 Å². The van der Waals surface area contributed by atoms with Gasteiger partial charge in [0, 0.05) is 123 Å². The molecular formula is C91H121N29O15S2. The predicted octanol–water partition coefficient (Wildman–Crippen LogP) is -2.23. The summed E-state index contributed by atoms with van der Waals surface area (Å²) in [6, 6.07) is 8.25.